The maximum Gasteiger partial charge on any atom is 0.0701 e. The van der Waals surface area contributed by atoms with Crippen molar-refractivity contribution in [2.45, 2.75) is 26.1 Å². The topological polar surface area (TPSA) is 56.3 Å². The first kappa shape index (κ1) is 20.6. The van der Waals surface area contributed by atoms with Crippen molar-refractivity contribution in [1.29, 1.82) is 0 Å². The summed E-state index contributed by atoms with van der Waals surface area (Å²) in [6.45, 7) is 11.6. The summed E-state index contributed by atoms with van der Waals surface area (Å²) in [6.07, 6.45) is 0. The van der Waals surface area contributed by atoms with E-state index < -0.39 is 0 Å². The summed E-state index contributed by atoms with van der Waals surface area (Å²) in [5.74, 6) is 0. The average Bonchev–Trinajstić information content (AvgIpc) is 2.67. The van der Waals surface area contributed by atoms with Gasteiger partial charge in [-0.15, -0.1) is 0 Å². The van der Waals surface area contributed by atoms with Gasteiger partial charge in [0.25, 0.3) is 0 Å². The molecule has 0 amide bonds. The fraction of sp³-hybridized carbons (Fsp3) is 0.750. The molecule has 3 rings (SSSR count). The summed E-state index contributed by atoms with van der Waals surface area (Å²) < 4.78 is 23.1. The third kappa shape index (κ3) is 7.44. The Labute approximate surface area is 162 Å². The Bertz CT molecular complexity index is 546. The molecule has 3 atom stereocenters. The molecule has 0 aliphatic carbocycles. The molecule has 0 saturated carbocycles. The molecule has 7 nitrogen and oxygen atoms in total. The smallest absolute Gasteiger partial charge is 0.0701 e. The lowest BCUT2D eigenvalue weighted by atomic mass is 10.2. The van der Waals surface area contributed by atoms with E-state index in [0.29, 0.717) is 52.9 Å². The first-order chi connectivity index (χ1) is 13.3. The van der Waals surface area contributed by atoms with Crippen LogP contribution in [0.2, 0.25) is 0 Å². The second-order valence-electron chi connectivity index (χ2n) is 7.13. The maximum atomic E-state index is 5.84. The Kier molecular flexibility index (Phi) is 8.93. The molecule has 0 spiro atoms. The van der Waals surface area contributed by atoms with Gasteiger partial charge in [0.15, 0.2) is 0 Å². The highest BCUT2D eigenvalue weighted by Crippen LogP contribution is 2.11. The molecule has 2 aliphatic rings. The summed E-state index contributed by atoms with van der Waals surface area (Å²) in [7, 11) is 0. The van der Waals surface area contributed by atoms with Crippen LogP contribution >= 0.6 is 0 Å². The third-order valence-electron chi connectivity index (χ3n) is 4.97. The molecule has 0 saturated heterocycles. The zero-order valence-electron chi connectivity index (χ0n) is 16.5. The summed E-state index contributed by atoms with van der Waals surface area (Å²) >= 11 is 0. The molecule has 152 valence electrons. The molecule has 3 heterocycles. The van der Waals surface area contributed by atoms with Crippen LogP contribution in [0.1, 0.15) is 18.3 Å². The van der Waals surface area contributed by atoms with Crippen LogP contribution in [-0.2, 0) is 32.0 Å². The zero-order valence-corrected chi connectivity index (χ0v) is 16.5. The Hall–Kier alpha value is -1.09. The van der Waals surface area contributed by atoms with Crippen LogP contribution in [0.15, 0.2) is 18.2 Å². The Balaban J connectivity index is 1.80. The van der Waals surface area contributed by atoms with E-state index in [-0.39, 0.29) is 6.04 Å². The van der Waals surface area contributed by atoms with Crippen LogP contribution in [-0.4, -0.2) is 93.3 Å². The number of hydrogen-bond acceptors (Lipinski definition) is 7. The van der Waals surface area contributed by atoms with Gasteiger partial charge in [-0.3, -0.25) is 14.8 Å². The van der Waals surface area contributed by atoms with Gasteiger partial charge in [0.05, 0.1) is 64.2 Å². The van der Waals surface area contributed by atoms with Crippen LogP contribution in [0, 0.1) is 0 Å². The highest BCUT2D eigenvalue weighted by molar-refractivity contribution is 5.11. The van der Waals surface area contributed by atoms with Crippen LogP contribution in [0.3, 0.4) is 0 Å². The van der Waals surface area contributed by atoms with E-state index in [4.69, 9.17) is 23.9 Å². The van der Waals surface area contributed by atoms with Crippen molar-refractivity contribution < 1.29 is 18.9 Å². The van der Waals surface area contributed by atoms with Crippen molar-refractivity contribution in [3.8, 4) is 0 Å². The predicted octanol–water partition coefficient (Wildman–Crippen LogP) is 1.17. The standard InChI is InChI=1S/C20H33N3O4/c1-18-17-27-14-13-25-9-6-22-5-8-24-11-12-26-10-7-23(18)16-20-4-2-3-19(15-22)21-20/h2-4,18H,5-17H2,1H3. The maximum absolute atomic E-state index is 5.84. The fourth-order valence-electron chi connectivity index (χ4n) is 3.34. The molecular formula is C20H33N3O4. The molecule has 2 aliphatic heterocycles. The quantitative estimate of drug-likeness (QED) is 0.671. The Morgan fingerprint density at radius 1 is 0.778 bits per heavy atom. The number of pyridine rings is 1. The van der Waals surface area contributed by atoms with E-state index in [1.807, 2.05) is 0 Å². The van der Waals surface area contributed by atoms with Gasteiger partial charge in [-0.2, -0.15) is 0 Å². The van der Waals surface area contributed by atoms with Crippen LogP contribution in [0.5, 0.6) is 0 Å². The molecule has 1 aromatic heterocycles. The Morgan fingerprint density at radius 2 is 1.37 bits per heavy atom. The SMILES string of the molecule is CC1COCCOCCN2CCOCCOCCN1Cc1cccc(n1)C2. The average molecular weight is 380 g/mol. The minimum atomic E-state index is 0.285. The molecule has 0 N–H and O–H groups in total. The molecule has 27 heavy (non-hydrogen) atoms. The Morgan fingerprint density at radius 3 is 2.07 bits per heavy atom. The molecule has 3 unspecified atom stereocenters. The minimum absolute atomic E-state index is 0.285. The van der Waals surface area contributed by atoms with E-state index in [0.717, 1.165) is 44.1 Å². The van der Waals surface area contributed by atoms with E-state index >= 15 is 0 Å². The van der Waals surface area contributed by atoms with Crippen molar-refractivity contribution >= 4 is 0 Å². The van der Waals surface area contributed by atoms with Crippen molar-refractivity contribution in [2.24, 2.45) is 0 Å². The van der Waals surface area contributed by atoms with E-state index in [2.05, 4.69) is 34.9 Å². The molecule has 0 aromatic carbocycles. The zero-order chi connectivity index (χ0) is 18.7. The summed E-state index contributed by atoms with van der Waals surface area (Å²) in [6, 6.07) is 6.61. The van der Waals surface area contributed by atoms with E-state index in [1.54, 1.807) is 0 Å². The fourth-order valence-corrected chi connectivity index (χ4v) is 3.34. The van der Waals surface area contributed by atoms with Crippen LogP contribution in [0.4, 0.5) is 0 Å². The van der Waals surface area contributed by atoms with Gasteiger partial charge in [-0.25, -0.2) is 0 Å². The van der Waals surface area contributed by atoms with Gasteiger partial charge in [-0.1, -0.05) is 6.07 Å². The van der Waals surface area contributed by atoms with E-state index in [1.165, 1.54) is 0 Å². The van der Waals surface area contributed by atoms with Crippen molar-refractivity contribution in [1.82, 2.24) is 14.8 Å². The highest BCUT2D eigenvalue weighted by Gasteiger charge is 2.17. The monoisotopic (exact) mass is 379 g/mol. The number of rotatable bonds is 0. The molecule has 7 heteroatoms. The summed E-state index contributed by atoms with van der Waals surface area (Å²) in [4.78, 5) is 9.62. The molecule has 0 fully saturated rings. The second kappa shape index (κ2) is 11.7. The first-order valence-electron chi connectivity index (χ1n) is 10.0. The molecule has 4 bridgehead atoms. The van der Waals surface area contributed by atoms with E-state index in [9.17, 15) is 0 Å². The van der Waals surface area contributed by atoms with Gasteiger partial charge in [0.2, 0.25) is 0 Å². The summed E-state index contributed by atoms with van der Waals surface area (Å²) in [5, 5.41) is 0. The van der Waals surface area contributed by atoms with Gasteiger partial charge in [0, 0.05) is 38.8 Å². The lowest BCUT2D eigenvalue weighted by Gasteiger charge is -2.28. The number of ether oxygens (including phenoxy) is 4. The van der Waals surface area contributed by atoms with Crippen LogP contribution < -0.4 is 0 Å². The first-order valence-corrected chi connectivity index (χ1v) is 10.0. The number of fused-ring (bicyclic) bond motifs is 2. The van der Waals surface area contributed by atoms with Crippen molar-refractivity contribution in [3.63, 3.8) is 0 Å². The van der Waals surface area contributed by atoms with Crippen molar-refractivity contribution in [3.05, 3.63) is 29.6 Å². The highest BCUT2D eigenvalue weighted by atomic mass is 16.5. The normalized spacial score (nSPS) is 29.7. The van der Waals surface area contributed by atoms with Gasteiger partial charge < -0.3 is 18.9 Å². The lowest BCUT2D eigenvalue weighted by molar-refractivity contribution is -0.00604. The number of aromatic nitrogens is 1. The molecular weight excluding hydrogens is 346 g/mol. The van der Waals surface area contributed by atoms with Gasteiger partial charge in [-0.05, 0) is 19.1 Å². The van der Waals surface area contributed by atoms with Crippen LogP contribution in [0.25, 0.3) is 0 Å². The second-order valence-corrected chi connectivity index (χ2v) is 7.13. The molecule has 0 radical (unpaired) electrons. The van der Waals surface area contributed by atoms with Gasteiger partial charge in [0.1, 0.15) is 0 Å². The molecule has 1 aromatic rings. The largest absolute Gasteiger partial charge is 0.378 e. The minimum Gasteiger partial charge on any atom is -0.378 e. The third-order valence-corrected chi connectivity index (χ3v) is 4.97. The summed E-state index contributed by atoms with van der Waals surface area (Å²) in [5.41, 5.74) is 2.19. The van der Waals surface area contributed by atoms with Crippen molar-refractivity contribution in [2.75, 3.05) is 72.5 Å². The number of nitrogens with zero attached hydrogens (tertiary/aromatic N) is 3. The number of hydrogen-bond donors (Lipinski definition) is 0. The predicted molar refractivity (Wildman–Crippen MR) is 103 cm³/mol. The van der Waals surface area contributed by atoms with Gasteiger partial charge >= 0.3 is 0 Å². The lowest BCUT2D eigenvalue weighted by Crippen LogP contribution is -2.39.